The van der Waals surface area contributed by atoms with Crippen molar-refractivity contribution in [2.45, 2.75) is 6.18 Å². The smallest absolute Gasteiger partial charge is 0.307 e. The summed E-state index contributed by atoms with van der Waals surface area (Å²) in [6.07, 6.45) is -3.60. The third-order valence-corrected chi connectivity index (χ3v) is 5.16. The molecule has 0 aliphatic rings. The Bertz CT molecular complexity index is 1160. The molecule has 0 radical (unpaired) electrons. The summed E-state index contributed by atoms with van der Waals surface area (Å²) in [4.78, 5) is 25.9. The summed E-state index contributed by atoms with van der Waals surface area (Å²) < 4.78 is 64.1. The molecule has 1 aromatic heterocycles. The van der Waals surface area contributed by atoms with Gasteiger partial charge in [0.1, 0.15) is 17.5 Å². The number of halogens is 8. The van der Waals surface area contributed by atoms with Gasteiger partial charge in [-0.2, -0.15) is 13.2 Å². The zero-order chi connectivity index (χ0) is 24.1. The topological polar surface area (TPSA) is 59.1 Å². The maximum absolute atomic E-state index is 13.3. The second kappa shape index (κ2) is 11.0. The van der Waals surface area contributed by atoms with Gasteiger partial charge in [-0.15, -0.1) is 0 Å². The molecular formula is C20H10Br2ClF5N2O2. The van der Waals surface area contributed by atoms with Crippen molar-refractivity contribution in [3.05, 3.63) is 92.0 Å². The van der Waals surface area contributed by atoms with Gasteiger partial charge < -0.3 is 5.32 Å². The van der Waals surface area contributed by atoms with E-state index in [0.29, 0.717) is 10.5 Å². The first-order valence-corrected chi connectivity index (χ1v) is 10.3. The minimum atomic E-state index is -4.54. The largest absolute Gasteiger partial charge is 0.416 e. The van der Waals surface area contributed by atoms with E-state index in [-0.39, 0.29) is 21.4 Å². The number of pyridine rings is 1. The van der Waals surface area contributed by atoms with Crippen molar-refractivity contribution in [1.82, 2.24) is 4.98 Å². The lowest BCUT2D eigenvalue weighted by Gasteiger charge is -2.09. The van der Waals surface area contributed by atoms with Crippen LogP contribution < -0.4 is 5.32 Å². The van der Waals surface area contributed by atoms with Crippen molar-refractivity contribution in [3.8, 4) is 0 Å². The molecular weight excluding hydrogens is 590 g/mol. The first kappa shape index (κ1) is 25.9. The molecule has 0 aliphatic heterocycles. The van der Waals surface area contributed by atoms with Crippen LogP contribution in [-0.2, 0) is 6.18 Å². The Hall–Kier alpha value is -2.37. The Balaban J connectivity index is 0.000000278. The summed E-state index contributed by atoms with van der Waals surface area (Å²) in [5, 5.41) is 1.53. The van der Waals surface area contributed by atoms with Gasteiger partial charge in [0.15, 0.2) is 0 Å². The van der Waals surface area contributed by atoms with Gasteiger partial charge in [-0.3, -0.25) is 9.59 Å². The molecule has 0 fully saturated rings. The van der Waals surface area contributed by atoms with Crippen LogP contribution in [0.15, 0.2) is 63.7 Å². The van der Waals surface area contributed by atoms with Gasteiger partial charge in [-0.05, 0) is 92.0 Å². The van der Waals surface area contributed by atoms with Crippen LogP contribution in [0.5, 0.6) is 0 Å². The highest BCUT2D eigenvalue weighted by atomic mass is 79.9. The standard InChI is InChI=1S/C13H7BrF4N2O.C7H3BrClFO/c14-9-2-1-7(5-10(9)15)12(21)20-11-6-8(3-4-19-11)13(16,17)18;8-5-2-1-4(7(9)11)3-6(5)10/h1-6H,(H,19,20,21);1-3H. The number of nitrogens with zero attached hydrogens (tertiary/aromatic N) is 1. The van der Waals surface area contributed by atoms with Crippen molar-refractivity contribution in [2.24, 2.45) is 0 Å². The number of alkyl halides is 3. The van der Waals surface area contributed by atoms with Gasteiger partial charge >= 0.3 is 6.18 Å². The number of amides is 1. The second-order valence-electron chi connectivity index (χ2n) is 5.91. The summed E-state index contributed by atoms with van der Waals surface area (Å²) >= 11 is 11.0. The predicted molar refractivity (Wildman–Crippen MR) is 116 cm³/mol. The maximum atomic E-state index is 13.3. The van der Waals surface area contributed by atoms with E-state index in [1.165, 1.54) is 24.3 Å². The molecule has 2 aromatic carbocycles. The molecule has 0 saturated carbocycles. The lowest BCUT2D eigenvalue weighted by molar-refractivity contribution is -0.137. The summed E-state index contributed by atoms with van der Waals surface area (Å²) in [5.74, 6) is -2.16. The van der Waals surface area contributed by atoms with Crippen LogP contribution in [0, 0.1) is 11.6 Å². The second-order valence-corrected chi connectivity index (χ2v) is 7.97. The molecule has 0 aliphatic carbocycles. The third kappa shape index (κ3) is 7.35. The zero-order valence-electron chi connectivity index (χ0n) is 15.5. The third-order valence-electron chi connectivity index (χ3n) is 3.66. The van der Waals surface area contributed by atoms with E-state index < -0.39 is 34.5 Å². The Kier molecular flexibility index (Phi) is 8.88. The summed E-state index contributed by atoms with van der Waals surface area (Å²) in [6.45, 7) is 0. The molecule has 1 amide bonds. The van der Waals surface area contributed by atoms with Gasteiger partial charge in [-0.1, -0.05) is 0 Å². The highest BCUT2D eigenvalue weighted by Crippen LogP contribution is 2.30. The van der Waals surface area contributed by atoms with Crippen molar-refractivity contribution in [2.75, 3.05) is 5.32 Å². The zero-order valence-corrected chi connectivity index (χ0v) is 19.4. The van der Waals surface area contributed by atoms with Gasteiger partial charge in [0.2, 0.25) is 0 Å². The average molecular weight is 601 g/mol. The monoisotopic (exact) mass is 598 g/mol. The molecule has 0 bridgehead atoms. The van der Waals surface area contributed by atoms with Gasteiger partial charge in [-0.25, -0.2) is 13.8 Å². The number of benzene rings is 2. The van der Waals surface area contributed by atoms with Crippen LogP contribution in [-0.4, -0.2) is 16.1 Å². The van der Waals surface area contributed by atoms with E-state index in [4.69, 9.17) is 11.6 Å². The minimum absolute atomic E-state index is 0.0325. The van der Waals surface area contributed by atoms with Crippen LogP contribution in [0.1, 0.15) is 26.3 Å². The molecule has 3 aromatic rings. The first-order valence-electron chi connectivity index (χ1n) is 8.33. The molecule has 0 saturated heterocycles. The van der Waals surface area contributed by atoms with Gasteiger partial charge in [0.25, 0.3) is 11.1 Å². The van der Waals surface area contributed by atoms with E-state index in [1.807, 2.05) is 0 Å². The summed E-state index contributed by atoms with van der Waals surface area (Å²) in [5.41, 5.74) is -0.808. The normalized spacial score (nSPS) is 10.8. The van der Waals surface area contributed by atoms with Crippen LogP contribution in [0.3, 0.4) is 0 Å². The van der Waals surface area contributed by atoms with E-state index in [9.17, 15) is 31.5 Å². The number of aromatic nitrogens is 1. The van der Waals surface area contributed by atoms with Crippen LogP contribution in [0.25, 0.3) is 0 Å². The predicted octanol–water partition coefficient (Wildman–Crippen LogP) is 7.22. The molecule has 0 unspecified atom stereocenters. The fourth-order valence-electron chi connectivity index (χ4n) is 2.12. The Morgan fingerprint density at radius 2 is 1.41 bits per heavy atom. The van der Waals surface area contributed by atoms with Crippen molar-refractivity contribution >= 4 is 60.4 Å². The number of carbonyl (C=O) groups excluding carboxylic acids is 2. The molecule has 3 rings (SSSR count). The van der Waals surface area contributed by atoms with Crippen LogP contribution in [0.4, 0.5) is 27.8 Å². The van der Waals surface area contributed by atoms with Crippen LogP contribution >= 0.6 is 43.5 Å². The number of hydrogen-bond donors (Lipinski definition) is 1. The number of carbonyl (C=O) groups is 2. The van der Waals surface area contributed by atoms with Crippen molar-refractivity contribution < 1.29 is 31.5 Å². The van der Waals surface area contributed by atoms with Gasteiger partial charge in [0, 0.05) is 17.3 Å². The highest BCUT2D eigenvalue weighted by Gasteiger charge is 2.30. The van der Waals surface area contributed by atoms with Crippen molar-refractivity contribution in [1.29, 1.82) is 0 Å². The Morgan fingerprint density at radius 1 is 0.875 bits per heavy atom. The van der Waals surface area contributed by atoms with E-state index >= 15 is 0 Å². The molecule has 0 atom stereocenters. The lowest BCUT2D eigenvalue weighted by atomic mass is 10.2. The Labute approximate surface area is 200 Å². The summed E-state index contributed by atoms with van der Waals surface area (Å²) in [7, 11) is 0. The molecule has 32 heavy (non-hydrogen) atoms. The molecule has 0 spiro atoms. The number of rotatable bonds is 3. The molecule has 168 valence electrons. The Morgan fingerprint density at radius 3 is 1.91 bits per heavy atom. The fourth-order valence-corrected chi connectivity index (χ4v) is 2.73. The van der Waals surface area contributed by atoms with E-state index in [2.05, 4.69) is 42.2 Å². The van der Waals surface area contributed by atoms with Gasteiger partial charge in [0.05, 0.1) is 14.5 Å². The molecule has 4 nitrogen and oxygen atoms in total. The summed E-state index contributed by atoms with van der Waals surface area (Å²) in [6, 6.07) is 9.07. The first-order chi connectivity index (χ1) is 14.9. The SMILES string of the molecule is O=C(Cl)c1ccc(Br)c(F)c1.O=C(Nc1cc(C(F)(F)F)ccn1)c1ccc(Br)c(F)c1. The van der Waals surface area contributed by atoms with E-state index in [1.54, 1.807) is 0 Å². The maximum Gasteiger partial charge on any atom is 0.416 e. The average Bonchev–Trinajstić information content (AvgIpc) is 2.72. The molecule has 1 N–H and O–H groups in total. The van der Waals surface area contributed by atoms with Crippen LogP contribution in [0.2, 0.25) is 0 Å². The number of nitrogens with one attached hydrogen (secondary N) is 1. The highest BCUT2D eigenvalue weighted by molar-refractivity contribution is 9.10. The fraction of sp³-hybridized carbons (Fsp3) is 0.0500. The van der Waals surface area contributed by atoms with Crippen molar-refractivity contribution in [3.63, 3.8) is 0 Å². The quantitative estimate of drug-likeness (QED) is 0.255. The van der Waals surface area contributed by atoms with E-state index in [0.717, 1.165) is 24.4 Å². The lowest BCUT2D eigenvalue weighted by Crippen LogP contribution is -2.14. The minimum Gasteiger partial charge on any atom is -0.307 e. The number of anilines is 1. The number of hydrogen-bond acceptors (Lipinski definition) is 3. The molecule has 12 heteroatoms. The molecule has 1 heterocycles.